The summed E-state index contributed by atoms with van der Waals surface area (Å²) in [5.41, 5.74) is 5.83. The number of hydrogen-bond acceptors (Lipinski definition) is 7. The first kappa shape index (κ1) is 29.4. The highest BCUT2D eigenvalue weighted by Crippen LogP contribution is 2.37. The number of hydrogen-bond donors (Lipinski definition) is 1. The maximum atomic E-state index is 13.4. The molecule has 0 radical (unpaired) electrons. The van der Waals surface area contributed by atoms with E-state index in [-0.39, 0.29) is 6.03 Å². The van der Waals surface area contributed by atoms with Crippen LogP contribution in [0.15, 0.2) is 54.9 Å². The zero-order valence-electron chi connectivity index (χ0n) is 26.0. The van der Waals surface area contributed by atoms with Crippen molar-refractivity contribution in [2.45, 2.75) is 39.5 Å². The van der Waals surface area contributed by atoms with Gasteiger partial charge < -0.3 is 24.9 Å². The molecule has 8 nitrogen and oxygen atoms in total. The minimum Gasteiger partial charge on any atom is -0.369 e. The van der Waals surface area contributed by atoms with Crippen LogP contribution in [0.4, 0.5) is 22.0 Å². The summed E-state index contributed by atoms with van der Waals surface area (Å²) >= 11 is 1.71. The molecule has 0 atom stereocenters. The van der Waals surface area contributed by atoms with Crippen LogP contribution in [-0.4, -0.2) is 85.2 Å². The van der Waals surface area contributed by atoms with Crippen LogP contribution in [0.3, 0.4) is 0 Å². The fourth-order valence-corrected chi connectivity index (χ4v) is 7.14. The Morgan fingerprint density at radius 1 is 0.814 bits per heavy atom. The molecule has 0 spiro atoms. The van der Waals surface area contributed by atoms with E-state index in [1.807, 2.05) is 4.90 Å². The number of anilines is 3. The van der Waals surface area contributed by atoms with Gasteiger partial charge in [0, 0.05) is 68.6 Å². The third-order valence-electron chi connectivity index (χ3n) is 8.80. The van der Waals surface area contributed by atoms with Crippen molar-refractivity contribution < 1.29 is 4.79 Å². The molecule has 0 bridgehead atoms. The molecule has 0 saturated carbocycles. The number of piperazine rings is 2. The number of nitrogens with zero attached hydrogens (tertiary/aromatic N) is 6. The van der Waals surface area contributed by atoms with E-state index >= 15 is 0 Å². The second-order valence-electron chi connectivity index (χ2n) is 12.4. The van der Waals surface area contributed by atoms with Gasteiger partial charge in [-0.2, -0.15) is 0 Å². The van der Waals surface area contributed by atoms with Gasteiger partial charge in [-0.05, 0) is 53.8 Å². The number of benzene rings is 2. The van der Waals surface area contributed by atoms with E-state index in [1.165, 1.54) is 27.3 Å². The average molecular weight is 598 g/mol. The molecule has 2 aliphatic heterocycles. The highest BCUT2D eigenvalue weighted by atomic mass is 32.1. The normalized spacial score (nSPS) is 16.5. The number of carbonyl (C=O) groups excluding carboxylic acids is 1. The van der Waals surface area contributed by atoms with Gasteiger partial charge in [0.05, 0.1) is 5.39 Å². The van der Waals surface area contributed by atoms with Gasteiger partial charge >= 0.3 is 6.03 Å². The van der Waals surface area contributed by atoms with Gasteiger partial charge in [0.2, 0.25) is 0 Å². The lowest BCUT2D eigenvalue weighted by atomic mass is 9.93. The lowest BCUT2D eigenvalue weighted by molar-refractivity contribution is 0.208. The minimum absolute atomic E-state index is 0.0275. The van der Waals surface area contributed by atoms with E-state index in [4.69, 9.17) is 4.98 Å². The molecular weight excluding hydrogens is 554 g/mol. The number of fused-ring (bicyclic) bond motifs is 1. The van der Waals surface area contributed by atoms with Crippen LogP contribution in [0.2, 0.25) is 0 Å². The van der Waals surface area contributed by atoms with Crippen LogP contribution in [0, 0.1) is 0 Å². The fourth-order valence-electron chi connectivity index (χ4n) is 6.14. The van der Waals surface area contributed by atoms with Crippen molar-refractivity contribution >= 4 is 44.8 Å². The number of urea groups is 1. The number of nitrogens with one attached hydrogen (secondary N) is 1. The van der Waals surface area contributed by atoms with E-state index in [0.717, 1.165) is 61.0 Å². The molecule has 2 amide bonds. The van der Waals surface area contributed by atoms with E-state index in [2.05, 4.69) is 108 Å². The van der Waals surface area contributed by atoms with E-state index in [1.54, 1.807) is 17.7 Å². The Kier molecular flexibility index (Phi) is 8.54. The second kappa shape index (κ2) is 12.5. The standard InChI is InChI=1S/C34H43N7OS/c1-23(2)27-7-6-8-28(24(3)4)31(27)37-34(42)41-19-17-40(18-20-41)32-29-21-30(43-33(29)36-22-35-32)25-9-11-26(12-10-25)39-15-13-38(5)14-16-39/h6-12,21-24H,13-20H2,1-5H3,(H,37,42). The monoisotopic (exact) mass is 597 g/mol. The summed E-state index contributed by atoms with van der Waals surface area (Å²) in [5.74, 6) is 1.61. The van der Waals surface area contributed by atoms with Crippen molar-refractivity contribution in [1.29, 1.82) is 0 Å². The molecule has 2 aromatic carbocycles. The summed E-state index contributed by atoms with van der Waals surface area (Å²) in [7, 11) is 2.19. The molecule has 2 fully saturated rings. The highest BCUT2D eigenvalue weighted by Gasteiger charge is 2.26. The molecule has 226 valence electrons. The van der Waals surface area contributed by atoms with Crippen LogP contribution in [0.5, 0.6) is 0 Å². The van der Waals surface area contributed by atoms with Gasteiger partial charge in [-0.15, -0.1) is 11.3 Å². The Morgan fingerprint density at radius 2 is 1.44 bits per heavy atom. The van der Waals surface area contributed by atoms with Gasteiger partial charge in [0.25, 0.3) is 0 Å². The number of thiophene rings is 1. The molecule has 4 aromatic rings. The van der Waals surface area contributed by atoms with Crippen LogP contribution in [0.25, 0.3) is 20.7 Å². The van der Waals surface area contributed by atoms with Crippen LogP contribution in [-0.2, 0) is 0 Å². The first-order valence-electron chi connectivity index (χ1n) is 15.5. The second-order valence-corrected chi connectivity index (χ2v) is 13.4. The fraction of sp³-hybridized carbons (Fsp3) is 0.441. The Hall–Kier alpha value is -3.69. The summed E-state index contributed by atoms with van der Waals surface area (Å²) in [5, 5.41) is 4.36. The van der Waals surface area contributed by atoms with Gasteiger partial charge in [0.1, 0.15) is 17.0 Å². The molecular formula is C34H43N7OS. The molecule has 43 heavy (non-hydrogen) atoms. The van der Waals surface area contributed by atoms with Gasteiger partial charge in [-0.3, -0.25) is 0 Å². The molecule has 6 rings (SSSR count). The SMILES string of the molecule is CC(C)c1cccc(C(C)C)c1NC(=O)N1CCN(c2ncnc3sc(-c4ccc(N5CCN(C)CC5)cc4)cc23)CC1. The largest absolute Gasteiger partial charge is 0.369 e. The average Bonchev–Trinajstić information content (AvgIpc) is 3.46. The smallest absolute Gasteiger partial charge is 0.321 e. The Morgan fingerprint density at radius 3 is 2.07 bits per heavy atom. The highest BCUT2D eigenvalue weighted by molar-refractivity contribution is 7.21. The van der Waals surface area contributed by atoms with E-state index < -0.39 is 0 Å². The third kappa shape index (κ3) is 6.19. The zero-order chi connectivity index (χ0) is 30.1. The van der Waals surface area contributed by atoms with Crippen molar-refractivity contribution in [2.75, 3.05) is 74.5 Å². The molecule has 2 aliphatic rings. The van der Waals surface area contributed by atoms with Gasteiger partial charge in [-0.1, -0.05) is 58.0 Å². The number of likely N-dealkylation sites (N-methyl/N-ethyl adjacent to an activating group) is 1. The zero-order valence-corrected chi connectivity index (χ0v) is 26.8. The molecule has 0 aliphatic carbocycles. The van der Waals surface area contributed by atoms with Crippen LogP contribution < -0.4 is 15.1 Å². The quantitative estimate of drug-likeness (QED) is 0.267. The molecule has 4 heterocycles. The van der Waals surface area contributed by atoms with E-state index in [9.17, 15) is 4.79 Å². The molecule has 1 N–H and O–H groups in total. The van der Waals surface area contributed by atoms with E-state index in [0.29, 0.717) is 24.9 Å². The predicted octanol–water partition coefficient (Wildman–Crippen LogP) is 6.71. The van der Waals surface area contributed by atoms with Gasteiger partial charge in [0.15, 0.2) is 0 Å². The maximum absolute atomic E-state index is 13.4. The Balaban J connectivity index is 1.14. The third-order valence-corrected chi connectivity index (χ3v) is 9.89. The van der Waals surface area contributed by atoms with Crippen LogP contribution in [0.1, 0.15) is 50.7 Å². The molecule has 9 heteroatoms. The number of carbonyl (C=O) groups is 1. The lowest BCUT2D eigenvalue weighted by Crippen LogP contribution is -2.50. The van der Waals surface area contributed by atoms with Crippen molar-refractivity contribution in [3.63, 3.8) is 0 Å². The number of aromatic nitrogens is 2. The summed E-state index contributed by atoms with van der Waals surface area (Å²) < 4.78 is 0. The lowest BCUT2D eigenvalue weighted by Gasteiger charge is -2.36. The first-order chi connectivity index (χ1) is 20.8. The summed E-state index contributed by atoms with van der Waals surface area (Å²) in [6, 6.07) is 17.5. The molecule has 2 aromatic heterocycles. The van der Waals surface area contributed by atoms with Crippen molar-refractivity contribution in [2.24, 2.45) is 0 Å². The summed E-state index contributed by atoms with van der Waals surface area (Å²) in [4.78, 5) is 34.0. The van der Waals surface area contributed by atoms with Crippen LogP contribution >= 0.6 is 11.3 Å². The van der Waals surface area contributed by atoms with Crippen molar-refractivity contribution in [3.8, 4) is 10.4 Å². The number of amides is 2. The minimum atomic E-state index is -0.0275. The number of para-hydroxylation sites is 1. The van der Waals surface area contributed by atoms with Gasteiger partial charge in [-0.25, -0.2) is 14.8 Å². The summed E-state index contributed by atoms with van der Waals surface area (Å²) in [6.07, 6.45) is 1.67. The predicted molar refractivity (Wildman–Crippen MR) is 180 cm³/mol. The summed E-state index contributed by atoms with van der Waals surface area (Å²) in [6.45, 7) is 15.8. The number of rotatable bonds is 6. The molecule has 0 unspecified atom stereocenters. The topological polar surface area (TPSA) is 67.8 Å². The van der Waals surface area contributed by atoms with Crippen molar-refractivity contribution in [3.05, 3.63) is 66.0 Å². The first-order valence-corrected chi connectivity index (χ1v) is 16.3. The maximum Gasteiger partial charge on any atom is 0.321 e. The Bertz CT molecular complexity index is 1540. The molecule has 2 saturated heterocycles. The van der Waals surface area contributed by atoms with Crippen molar-refractivity contribution in [1.82, 2.24) is 19.8 Å². The Labute approximate surface area is 259 Å².